The van der Waals surface area contributed by atoms with E-state index < -0.39 is 35.0 Å². The summed E-state index contributed by atoms with van der Waals surface area (Å²) in [5.41, 5.74) is 0. The van der Waals surface area contributed by atoms with Crippen LogP contribution in [0.5, 0.6) is 0 Å². The topological polar surface area (TPSA) is 95.0 Å². The summed E-state index contributed by atoms with van der Waals surface area (Å²) in [7, 11) is -2.48. The second-order valence-electron chi connectivity index (χ2n) is 4.38. The average molecular weight is 314 g/mol. The van der Waals surface area contributed by atoms with Crippen LogP contribution in [0, 0.1) is 0 Å². The normalized spacial score (nSPS) is 11.4. The second-order valence-corrected chi connectivity index (χ2v) is 6.42. The molecule has 7 nitrogen and oxygen atoms in total. The van der Waals surface area contributed by atoms with Gasteiger partial charge in [-0.3, -0.25) is 9.59 Å². The largest absolute Gasteiger partial charge is 0.480 e. The van der Waals surface area contributed by atoms with Crippen molar-refractivity contribution in [2.45, 2.75) is 11.8 Å². The number of carbonyl (C=O) groups excluding carboxylic acids is 1. The molecule has 0 fully saturated rings. The number of amides is 1. The van der Waals surface area contributed by atoms with Gasteiger partial charge in [0, 0.05) is 13.6 Å². The Balaban J connectivity index is 2.83. The van der Waals surface area contributed by atoms with Gasteiger partial charge in [-0.25, -0.2) is 8.42 Å². The Labute approximate surface area is 123 Å². The highest BCUT2D eigenvalue weighted by atomic mass is 32.2. The van der Waals surface area contributed by atoms with E-state index in [1.165, 1.54) is 19.2 Å². The van der Waals surface area contributed by atoms with E-state index in [4.69, 9.17) is 5.11 Å². The van der Waals surface area contributed by atoms with E-state index in [1.54, 1.807) is 25.1 Å². The minimum absolute atomic E-state index is 0.0848. The Bertz CT molecular complexity index is 600. The summed E-state index contributed by atoms with van der Waals surface area (Å²) in [6.45, 7) is 0.976. The van der Waals surface area contributed by atoms with Crippen molar-refractivity contribution in [1.82, 2.24) is 9.21 Å². The molecule has 0 heterocycles. The summed E-state index contributed by atoms with van der Waals surface area (Å²) >= 11 is 0. The Hall–Kier alpha value is -1.93. The SMILES string of the molecule is CCN(CC(=O)O)C(=O)CN(C)S(=O)(=O)c1ccccc1. The molecule has 0 aliphatic rings. The van der Waals surface area contributed by atoms with Gasteiger partial charge in [-0.2, -0.15) is 4.31 Å². The molecule has 0 spiro atoms. The number of hydrogen-bond donors (Lipinski definition) is 1. The molecule has 1 aromatic carbocycles. The van der Waals surface area contributed by atoms with Crippen LogP contribution < -0.4 is 0 Å². The Kier molecular flexibility index (Phi) is 5.86. The van der Waals surface area contributed by atoms with Crippen molar-refractivity contribution in [2.24, 2.45) is 0 Å². The lowest BCUT2D eigenvalue weighted by Crippen LogP contribution is -2.43. The van der Waals surface area contributed by atoms with Gasteiger partial charge in [-0.1, -0.05) is 18.2 Å². The first-order chi connectivity index (χ1) is 9.78. The van der Waals surface area contributed by atoms with Gasteiger partial charge in [-0.05, 0) is 19.1 Å². The van der Waals surface area contributed by atoms with E-state index in [2.05, 4.69) is 0 Å². The fraction of sp³-hybridized carbons (Fsp3) is 0.385. The first kappa shape index (κ1) is 17.1. The van der Waals surface area contributed by atoms with Crippen molar-refractivity contribution in [1.29, 1.82) is 0 Å². The number of likely N-dealkylation sites (N-methyl/N-ethyl adjacent to an activating group) is 2. The molecular weight excluding hydrogens is 296 g/mol. The van der Waals surface area contributed by atoms with Crippen molar-refractivity contribution >= 4 is 21.9 Å². The number of carboxylic acids is 1. The molecular formula is C13H18N2O5S. The molecule has 21 heavy (non-hydrogen) atoms. The van der Waals surface area contributed by atoms with Crippen LogP contribution in [0.25, 0.3) is 0 Å². The number of carbonyl (C=O) groups is 2. The maximum Gasteiger partial charge on any atom is 0.323 e. The summed E-state index contributed by atoms with van der Waals surface area (Å²) in [5, 5.41) is 8.71. The maximum atomic E-state index is 12.2. The quantitative estimate of drug-likeness (QED) is 0.778. The van der Waals surface area contributed by atoms with E-state index >= 15 is 0 Å². The van der Waals surface area contributed by atoms with E-state index in [9.17, 15) is 18.0 Å². The Morgan fingerprint density at radius 3 is 2.19 bits per heavy atom. The first-order valence-electron chi connectivity index (χ1n) is 6.30. The van der Waals surface area contributed by atoms with Crippen LogP contribution in [-0.4, -0.2) is 61.3 Å². The summed E-state index contributed by atoms with van der Waals surface area (Å²) in [6.07, 6.45) is 0. The zero-order chi connectivity index (χ0) is 16.0. The van der Waals surface area contributed by atoms with Gasteiger partial charge >= 0.3 is 5.97 Å². The van der Waals surface area contributed by atoms with Crippen molar-refractivity contribution in [3.8, 4) is 0 Å². The molecule has 0 radical (unpaired) electrons. The van der Waals surface area contributed by atoms with Gasteiger partial charge in [-0.15, -0.1) is 0 Å². The molecule has 0 unspecified atom stereocenters. The lowest BCUT2D eigenvalue weighted by molar-refractivity contribution is -0.144. The zero-order valence-corrected chi connectivity index (χ0v) is 12.7. The van der Waals surface area contributed by atoms with Crippen molar-refractivity contribution in [3.63, 3.8) is 0 Å². The minimum Gasteiger partial charge on any atom is -0.480 e. The molecule has 1 rings (SSSR count). The first-order valence-corrected chi connectivity index (χ1v) is 7.74. The van der Waals surface area contributed by atoms with E-state index in [-0.39, 0.29) is 11.4 Å². The second kappa shape index (κ2) is 7.19. The number of sulfonamides is 1. The zero-order valence-electron chi connectivity index (χ0n) is 11.9. The van der Waals surface area contributed by atoms with Crippen LogP contribution in [0.15, 0.2) is 35.2 Å². The highest BCUT2D eigenvalue weighted by Crippen LogP contribution is 2.13. The highest BCUT2D eigenvalue weighted by Gasteiger charge is 2.25. The molecule has 8 heteroatoms. The van der Waals surface area contributed by atoms with E-state index in [0.717, 1.165) is 9.21 Å². The molecule has 0 aromatic heterocycles. The molecule has 116 valence electrons. The number of rotatable bonds is 7. The lowest BCUT2D eigenvalue weighted by Gasteiger charge is -2.22. The van der Waals surface area contributed by atoms with Gasteiger partial charge in [0.2, 0.25) is 15.9 Å². The molecule has 1 amide bonds. The summed E-state index contributed by atoms with van der Waals surface area (Å²) < 4.78 is 25.4. The molecule has 0 bridgehead atoms. The minimum atomic E-state index is -3.77. The van der Waals surface area contributed by atoms with Crippen LogP contribution in [-0.2, 0) is 19.6 Å². The van der Waals surface area contributed by atoms with Gasteiger partial charge in [0.15, 0.2) is 0 Å². The third kappa shape index (κ3) is 4.54. The number of aliphatic carboxylic acids is 1. The molecule has 0 aliphatic heterocycles. The predicted molar refractivity (Wildman–Crippen MR) is 76.1 cm³/mol. The van der Waals surface area contributed by atoms with Crippen LogP contribution in [0.4, 0.5) is 0 Å². The van der Waals surface area contributed by atoms with Crippen LogP contribution >= 0.6 is 0 Å². The third-order valence-corrected chi connectivity index (χ3v) is 4.69. The Morgan fingerprint density at radius 2 is 1.71 bits per heavy atom. The van der Waals surface area contributed by atoms with Gasteiger partial charge in [0.25, 0.3) is 0 Å². The molecule has 0 saturated heterocycles. The standard InChI is InChI=1S/C13H18N2O5S/c1-3-15(10-13(17)18)12(16)9-14(2)21(19,20)11-7-5-4-6-8-11/h4-8H,3,9-10H2,1-2H3,(H,17,18). The van der Waals surface area contributed by atoms with E-state index in [0.29, 0.717) is 0 Å². The molecule has 1 N–H and O–H groups in total. The van der Waals surface area contributed by atoms with Gasteiger partial charge < -0.3 is 10.0 Å². The van der Waals surface area contributed by atoms with Gasteiger partial charge in [0.1, 0.15) is 6.54 Å². The number of hydrogen-bond acceptors (Lipinski definition) is 4. The van der Waals surface area contributed by atoms with Crippen molar-refractivity contribution < 1.29 is 23.1 Å². The maximum absolute atomic E-state index is 12.2. The highest BCUT2D eigenvalue weighted by molar-refractivity contribution is 7.89. The van der Waals surface area contributed by atoms with E-state index in [1.807, 2.05) is 0 Å². The fourth-order valence-corrected chi connectivity index (χ4v) is 2.83. The predicted octanol–water partition coefficient (Wildman–Crippen LogP) is 0.240. The molecule has 0 aliphatic carbocycles. The van der Waals surface area contributed by atoms with Crippen LogP contribution in [0.3, 0.4) is 0 Å². The molecule has 0 saturated carbocycles. The average Bonchev–Trinajstić information content (AvgIpc) is 2.45. The summed E-state index contributed by atoms with van der Waals surface area (Å²) in [6, 6.07) is 7.74. The lowest BCUT2D eigenvalue weighted by atomic mass is 10.4. The monoisotopic (exact) mass is 314 g/mol. The number of nitrogens with zero attached hydrogens (tertiary/aromatic N) is 2. The number of benzene rings is 1. The number of carboxylic acid groups (broad SMARTS) is 1. The third-order valence-electron chi connectivity index (χ3n) is 2.87. The van der Waals surface area contributed by atoms with Crippen molar-refractivity contribution in [3.05, 3.63) is 30.3 Å². The van der Waals surface area contributed by atoms with Crippen LogP contribution in [0.1, 0.15) is 6.92 Å². The van der Waals surface area contributed by atoms with Crippen molar-refractivity contribution in [2.75, 3.05) is 26.7 Å². The smallest absolute Gasteiger partial charge is 0.323 e. The summed E-state index contributed by atoms with van der Waals surface area (Å²) in [5.74, 6) is -1.69. The molecule has 1 aromatic rings. The Morgan fingerprint density at radius 1 is 1.14 bits per heavy atom. The van der Waals surface area contributed by atoms with Crippen LogP contribution in [0.2, 0.25) is 0 Å². The fourth-order valence-electron chi connectivity index (χ4n) is 1.69. The summed E-state index contributed by atoms with van der Waals surface area (Å²) in [4.78, 5) is 23.8. The van der Waals surface area contributed by atoms with Gasteiger partial charge in [0.05, 0.1) is 11.4 Å². The molecule has 0 atom stereocenters.